The van der Waals surface area contributed by atoms with Gasteiger partial charge >= 0.3 is 0 Å². The molecule has 110 valence electrons. The third-order valence-electron chi connectivity index (χ3n) is 3.14. The lowest BCUT2D eigenvalue weighted by Crippen LogP contribution is -2.27. The summed E-state index contributed by atoms with van der Waals surface area (Å²) in [6.45, 7) is 2.07. The molecule has 0 atom stereocenters. The number of carbonyl (C=O) groups excluding carboxylic acids is 1. The second-order valence-electron chi connectivity index (χ2n) is 4.86. The van der Waals surface area contributed by atoms with Crippen LogP contribution in [0.5, 0.6) is 0 Å². The van der Waals surface area contributed by atoms with E-state index in [1.54, 1.807) is 31.3 Å². The molecule has 0 N–H and O–H groups in total. The van der Waals surface area contributed by atoms with Gasteiger partial charge in [-0.05, 0) is 30.7 Å². The fraction of sp³-hybridized carbons (Fsp3) is 0.188. The lowest BCUT2D eigenvalue weighted by molar-refractivity contribution is 0.0780. The normalized spacial score (nSPS) is 10.5. The minimum atomic E-state index is -0.533. The predicted octanol–water partition coefficient (Wildman–Crippen LogP) is 4.71. The summed E-state index contributed by atoms with van der Waals surface area (Å²) in [6, 6.07) is 9.67. The summed E-state index contributed by atoms with van der Waals surface area (Å²) in [5.74, 6) is -0.929. The van der Waals surface area contributed by atoms with E-state index < -0.39 is 11.7 Å². The van der Waals surface area contributed by atoms with Crippen molar-refractivity contribution >= 4 is 29.1 Å². The summed E-state index contributed by atoms with van der Waals surface area (Å²) < 4.78 is 13.8. The molecular weight excluding hydrogens is 312 g/mol. The largest absolute Gasteiger partial charge is 0.337 e. The van der Waals surface area contributed by atoms with Gasteiger partial charge in [-0.15, -0.1) is 0 Å². The van der Waals surface area contributed by atoms with E-state index >= 15 is 0 Å². The first-order chi connectivity index (χ1) is 9.90. The van der Waals surface area contributed by atoms with Gasteiger partial charge in [-0.3, -0.25) is 4.79 Å². The van der Waals surface area contributed by atoms with Gasteiger partial charge in [0.25, 0.3) is 5.91 Å². The van der Waals surface area contributed by atoms with Crippen LogP contribution in [0, 0.1) is 12.7 Å². The van der Waals surface area contributed by atoms with E-state index in [0.29, 0.717) is 15.6 Å². The molecule has 2 rings (SSSR count). The van der Waals surface area contributed by atoms with Gasteiger partial charge in [0.15, 0.2) is 0 Å². The summed E-state index contributed by atoms with van der Waals surface area (Å²) in [4.78, 5) is 13.7. The zero-order valence-corrected chi connectivity index (χ0v) is 13.2. The molecule has 0 aliphatic carbocycles. The standard InChI is InChI=1S/C16H14Cl2FNO/c1-10-6-7-14(19)12(8-10)16(21)20(2)9-11-4-3-5-13(17)15(11)18/h3-8H,9H2,1-2H3. The van der Waals surface area contributed by atoms with Gasteiger partial charge in [0.2, 0.25) is 0 Å². The zero-order chi connectivity index (χ0) is 15.6. The Hall–Kier alpha value is -1.58. The summed E-state index contributed by atoms with van der Waals surface area (Å²) >= 11 is 12.0. The minimum Gasteiger partial charge on any atom is -0.337 e. The fourth-order valence-corrected chi connectivity index (χ4v) is 2.39. The first-order valence-electron chi connectivity index (χ1n) is 6.34. The number of aryl methyl sites for hydroxylation is 1. The van der Waals surface area contributed by atoms with Crippen molar-refractivity contribution in [2.45, 2.75) is 13.5 Å². The van der Waals surface area contributed by atoms with E-state index in [4.69, 9.17) is 23.2 Å². The number of benzene rings is 2. The molecule has 0 aliphatic heterocycles. The van der Waals surface area contributed by atoms with Crippen molar-refractivity contribution in [3.8, 4) is 0 Å². The van der Waals surface area contributed by atoms with Crippen LogP contribution >= 0.6 is 23.2 Å². The van der Waals surface area contributed by atoms with Gasteiger partial charge in [-0.1, -0.05) is 47.0 Å². The molecule has 5 heteroatoms. The summed E-state index contributed by atoms with van der Waals surface area (Å²) in [5, 5.41) is 0.834. The molecule has 2 aromatic carbocycles. The smallest absolute Gasteiger partial charge is 0.256 e. The van der Waals surface area contributed by atoms with Crippen molar-refractivity contribution in [3.05, 3.63) is 69.0 Å². The number of halogens is 3. The molecule has 0 bridgehead atoms. The molecule has 2 nitrogen and oxygen atoms in total. The molecular formula is C16H14Cl2FNO. The molecule has 0 aliphatic rings. The fourth-order valence-electron chi connectivity index (χ4n) is 2.01. The minimum absolute atomic E-state index is 0.0515. The molecule has 0 saturated heterocycles. The molecule has 21 heavy (non-hydrogen) atoms. The van der Waals surface area contributed by atoms with Gasteiger partial charge in [0, 0.05) is 13.6 Å². The second kappa shape index (κ2) is 6.46. The van der Waals surface area contributed by atoms with Crippen LogP contribution in [0.25, 0.3) is 0 Å². The number of nitrogens with zero attached hydrogens (tertiary/aromatic N) is 1. The predicted molar refractivity (Wildman–Crippen MR) is 83.4 cm³/mol. The van der Waals surface area contributed by atoms with Gasteiger partial charge in [0.05, 0.1) is 15.6 Å². The maximum absolute atomic E-state index is 13.8. The highest BCUT2D eigenvalue weighted by Gasteiger charge is 2.17. The van der Waals surface area contributed by atoms with E-state index in [1.807, 2.05) is 6.92 Å². The van der Waals surface area contributed by atoms with Gasteiger partial charge in [-0.2, -0.15) is 0 Å². The maximum Gasteiger partial charge on any atom is 0.256 e. The first kappa shape index (κ1) is 15.8. The van der Waals surface area contributed by atoms with Crippen LogP contribution in [-0.4, -0.2) is 17.9 Å². The lowest BCUT2D eigenvalue weighted by atomic mass is 10.1. The van der Waals surface area contributed by atoms with Crippen LogP contribution in [0.3, 0.4) is 0 Å². The molecule has 0 unspecified atom stereocenters. The average Bonchev–Trinajstić information content (AvgIpc) is 2.45. The average molecular weight is 326 g/mol. The van der Waals surface area contributed by atoms with Gasteiger partial charge in [-0.25, -0.2) is 4.39 Å². The number of amides is 1. The highest BCUT2D eigenvalue weighted by Crippen LogP contribution is 2.26. The summed E-state index contributed by atoms with van der Waals surface area (Å²) in [6.07, 6.45) is 0. The monoisotopic (exact) mass is 325 g/mol. The van der Waals surface area contributed by atoms with Crippen molar-refractivity contribution < 1.29 is 9.18 Å². The van der Waals surface area contributed by atoms with Crippen molar-refractivity contribution in [2.24, 2.45) is 0 Å². The Labute approximate surface area is 133 Å². The summed E-state index contributed by atoms with van der Waals surface area (Å²) in [5.41, 5.74) is 1.60. The molecule has 0 spiro atoms. The van der Waals surface area contributed by atoms with Crippen LogP contribution in [-0.2, 0) is 6.54 Å². The molecule has 1 amide bonds. The number of hydrogen-bond acceptors (Lipinski definition) is 1. The van der Waals surface area contributed by atoms with Crippen molar-refractivity contribution in [1.82, 2.24) is 4.90 Å². The Morgan fingerprint density at radius 3 is 2.67 bits per heavy atom. The molecule has 0 fully saturated rings. The number of carbonyl (C=O) groups is 1. The zero-order valence-electron chi connectivity index (χ0n) is 11.7. The Morgan fingerprint density at radius 2 is 1.95 bits per heavy atom. The highest BCUT2D eigenvalue weighted by molar-refractivity contribution is 6.42. The molecule has 0 saturated carbocycles. The quantitative estimate of drug-likeness (QED) is 0.800. The van der Waals surface area contributed by atoms with Gasteiger partial charge in [0.1, 0.15) is 5.82 Å². The van der Waals surface area contributed by atoms with Gasteiger partial charge < -0.3 is 4.90 Å². The third kappa shape index (κ3) is 3.55. The van der Waals surface area contributed by atoms with Crippen LogP contribution in [0.15, 0.2) is 36.4 Å². The maximum atomic E-state index is 13.8. The molecule has 0 aromatic heterocycles. The second-order valence-corrected chi connectivity index (χ2v) is 5.64. The van der Waals surface area contributed by atoms with Crippen LogP contribution in [0.2, 0.25) is 10.0 Å². The molecule has 2 aromatic rings. The van der Waals surface area contributed by atoms with E-state index in [9.17, 15) is 9.18 Å². The highest BCUT2D eigenvalue weighted by atomic mass is 35.5. The summed E-state index contributed by atoms with van der Waals surface area (Å²) in [7, 11) is 1.60. The Morgan fingerprint density at radius 1 is 1.24 bits per heavy atom. The lowest BCUT2D eigenvalue weighted by Gasteiger charge is -2.19. The number of hydrogen-bond donors (Lipinski definition) is 0. The van der Waals surface area contributed by atoms with Crippen LogP contribution in [0.4, 0.5) is 4.39 Å². The molecule has 0 heterocycles. The van der Waals surface area contributed by atoms with E-state index in [2.05, 4.69) is 0 Å². The SMILES string of the molecule is Cc1ccc(F)c(C(=O)N(C)Cc2cccc(Cl)c2Cl)c1. The Bertz CT molecular complexity index is 688. The molecule has 0 radical (unpaired) electrons. The van der Waals surface area contributed by atoms with Crippen molar-refractivity contribution in [2.75, 3.05) is 7.05 Å². The topological polar surface area (TPSA) is 20.3 Å². The van der Waals surface area contributed by atoms with Crippen molar-refractivity contribution in [3.63, 3.8) is 0 Å². The van der Waals surface area contributed by atoms with E-state index in [0.717, 1.165) is 5.56 Å². The Balaban J connectivity index is 2.24. The Kier molecular flexibility index (Phi) is 4.86. The van der Waals surface area contributed by atoms with Crippen LogP contribution < -0.4 is 0 Å². The number of rotatable bonds is 3. The third-order valence-corrected chi connectivity index (χ3v) is 4.00. The van der Waals surface area contributed by atoms with E-state index in [1.165, 1.54) is 17.0 Å². The van der Waals surface area contributed by atoms with Crippen LogP contribution in [0.1, 0.15) is 21.5 Å². The first-order valence-corrected chi connectivity index (χ1v) is 7.10. The van der Waals surface area contributed by atoms with E-state index in [-0.39, 0.29) is 12.1 Å². The van der Waals surface area contributed by atoms with Crippen molar-refractivity contribution in [1.29, 1.82) is 0 Å².